The molecule has 3 aromatic rings. The number of hydrogen-bond donors (Lipinski definition) is 0. The quantitative estimate of drug-likeness (QED) is 0.418. The molecule has 0 aliphatic heterocycles. The van der Waals surface area contributed by atoms with E-state index in [2.05, 4.69) is 10.2 Å². The van der Waals surface area contributed by atoms with Crippen LogP contribution in [0.1, 0.15) is 23.9 Å². The number of carbonyl (C=O) groups is 1. The normalized spacial score (nSPS) is 10.9. The summed E-state index contributed by atoms with van der Waals surface area (Å²) in [5.74, 6) is 1.34. The minimum atomic E-state index is -0.520. The van der Waals surface area contributed by atoms with Gasteiger partial charge in [0.05, 0.1) is 13.7 Å². The first-order valence-corrected chi connectivity index (χ1v) is 9.14. The minimum Gasteiger partial charge on any atom is -0.493 e. The van der Waals surface area contributed by atoms with Crippen molar-refractivity contribution in [1.29, 1.82) is 0 Å². The van der Waals surface area contributed by atoms with Gasteiger partial charge in [0.15, 0.2) is 18.1 Å². The fourth-order valence-electron chi connectivity index (χ4n) is 2.61. The number of aromatic nitrogens is 2. The summed E-state index contributed by atoms with van der Waals surface area (Å²) >= 11 is 0. The van der Waals surface area contributed by atoms with Crippen LogP contribution in [0, 0.1) is 6.92 Å². The van der Waals surface area contributed by atoms with E-state index in [1.54, 1.807) is 25.3 Å². The first kappa shape index (κ1) is 20.1. The third-order valence-electron chi connectivity index (χ3n) is 3.97. The van der Waals surface area contributed by atoms with Crippen LogP contribution in [0.3, 0.4) is 0 Å². The number of esters is 1. The van der Waals surface area contributed by atoms with Crippen molar-refractivity contribution < 1.29 is 23.4 Å². The van der Waals surface area contributed by atoms with Crippen molar-refractivity contribution in [2.75, 3.05) is 13.7 Å². The number of methoxy groups -OCH3 is 1. The Morgan fingerprint density at radius 2 is 2.00 bits per heavy atom. The van der Waals surface area contributed by atoms with Crippen molar-refractivity contribution in [2.45, 2.75) is 20.5 Å². The van der Waals surface area contributed by atoms with Gasteiger partial charge in [0.1, 0.15) is 0 Å². The topological polar surface area (TPSA) is 83.7 Å². The molecule has 7 heteroatoms. The van der Waals surface area contributed by atoms with Crippen LogP contribution in [0.15, 0.2) is 53.0 Å². The number of nitrogens with zero attached hydrogens (tertiary/aromatic N) is 2. The van der Waals surface area contributed by atoms with Crippen molar-refractivity contribution in [3.05, 3.63) is 65.6 Å². The molecule has 2 aromatic carbocycles. The molecule has 0 radical (unpaired) electrons. The molecule has 1 aromatic heterocycles. The molecule has 29 heavy (non-hydrogen) atoms. The van der Waals surface area contributed by atoms with Gasteiger partial charge in [-0.15, -0.1) is 10.2 Å². The summed E-state index contributed by atoms with van der Waals surface area (Å²) in [5.41, 5.74) is 2.69. The summed E-state index contributed by atoms with van der Waals surface area (Å²) in [6, 6.07) is 13.1. The van der Waals surface area contributed by atoms with Crippen LogP contribution in [0.2, 0.25) is 0 Å². The fourth-order valence-corrected chi connectivity index (χ4v) is 2.61. The highest BCUT2D eigenvalue weighted by Crippen LogP contribution is 2.28. The van der Waals surface area contributed by atoms with E-state index in [1.165, 1.54) is 6.08 Å². The zero-order valence-electron chi connectivity index (χ0n) is 16.5. The van der Waals surface area contributed by atoms with Gasteiger partial charge in [-0.1, -0.05) is 23.8 Å². The zero-order valence-corrected chi connectivity index (χ0v) is 16.5. The minimum absolute atomic E-state index is 0.103. The molecular formula is C22H22N2O5. The largest absolute Gasteiger partial charge is 0.493 e. The van der Waals surface area contributed by atoms with E-state index in [-0.39, 0.29) is 12.5 Å². The first-order valence-electron chi connectivity index (χ1n) is 9.14. The van der Waals surface area contributed by atoms with E-state index in [9.17, 15) is 4.79 Å². The second-order valence-electron chi connectivity index (χ2n) is 6.15. The van der Waals surface area contributed by atoms with Crippen molar-refractivity contribution in [3.8, 4) is 23.0 Å². The number of carbonyl (C=O) groups excluding carboxylic acids is 1. The number of hydrogen-bond acceptors (Lipinski definition) is 7. The molecular weight excluding hydrogens is 372 g/mol. The lowest BCUT2D eigenvalue weighted by atomic mass is 10.1. The van der Waals surface area contributed by atoms with E-state index in [1.807, 2.05) is 44.2 Å². The molecule has 7 nitrogen and oxygen atoms in total. The third kappa shape index (κ3) is 5.44. The van der Waals surface area contributed by atoms with E-state index in [0.29, 0.717) is 24.0 Å². The van der Waals surface area contributed by atoms with Gasteiger partial charge in [-0.05, 0) is 49.8 Å². The van der Waals surface area contributed by atoms with Gasteiger partial charge in [0.25, 0.3) is 5.89 Å². The molecule has 0 amide bonds. The maximum atomic E-state index is 12.0. The van der Waals surface area contributed by atoms with Crippen LogP contribution in [0.4, 0.5) is 0 Å². The van der Waals surface area contributed by atoms with Crippen molar-refractivity contribution in [2.24, 2.45) is 0 Å². The van der Waals surface area contributed by atoms with Gasteiger partial charge >= 0.3 is 5.97 Å². The lowest BCUT2D eigenvalue weighted by Gasteiger charge is -2.09. The molecule has 0 N–H and O–H groups in total. The summed E-state index contributed by atoms with van der Waals surface area (Å²) in [4.78, 5) is 12.0. The van der Waals surface area contributed by atoms with E-state index in [0.717, 1.165) is 16.7 Å². The Morgan fingerprint density at radius 1 is 1.14 bits per heavy atom. The predicted octanol–water partition coefficient (Wildman–Crippen LogP) is 4.21. The predicted molar refractivity (Wildman–Crippen MR) is 107 cm³/mol. The molecule has 0 saturated carbocycles. The van der Waals surface area contributed by atoms with Crippen molar-refractivity contribution >= 4 is 12.0 Å². The highest BCUT2D eigenvalue weighted by atomic mass is 16.5. The van der Waals surface area contributed by atoms with Gasteiger partial charge in [-0.3, -0.25) is 0 Å². The van der Waals surface area contributed by atoms with Crippen molar-refractivity contribution in [3.63, 3.8) is 0 Å². The molecule has 0 aliphatic carbocycles. The van der Waals surface area contributed by atoms with Crippen LogP contribution in [0.5, 0.6) is 11.5 Å². The summed E-state index contributed by atoms with van der Waals surface area (Å²) in [6.07, 6.45) is 2.96. The van der Waals surface area contributed by atoms with Crippen molar-refractivity contribution in [1.82, 2.24) is 10.2 Å². The van der Waals surface area contributed by atoms with E-state index < -0.39 is 5.97 Å². The SMILES string of the molecule is CCOc1ccc(/C=C/C(=O)OCc2nnc(-c3cccc(C)c3)o2)cc1OC. The molecule has 0 aliphatic rings. The Bertz CT molecular complexity index is 1010. The summed E-state index contributed by atoms with van der Waals surface area (Å²) in [6.45, 7) is 4.32. The average Bonchev–Trinajstić information content (AvgIpc) is 3.21. The molecule has 0 atom stereocenters. The monoisotopic (exact) mass is 394 g/mol. The van der Waals surface area contributed by atoms with E-state index >= 15 is 0 Å². The Balaban J connectivity index is 1.57. The third-order valence-corrected chi connectivity index (χ3v) is 3.97. The number of ether oxygens (including phenoxy) is 3. The Hall–Kier alpha value is -3.61. The second kappa shape index (κ2) is 9.54. The Morgan fingerprint density at radius 3 is 2.76 bits per heavy atom. The van der Waals surface area contributed by atoms with Gasteiger partial charge in [-0.25, -0.2) is 4.79 Å². The molecule has 0 spiro atoms. The molecule has 0 unspecified atom stereocenters. The molecule has 0 bridgehead atoms. The highest BCUT2D eigenvalue weighted by Gasteiger charge is 2.10. The van der Waals surface area contributed by atoms with Crippen LogP contribution < -0.4 is 9.47 Å². The lowest BCUT2D eigenvalue weighted by molar-refractivity contribution is -0.139. The molecule has 1 heterocycles. The average molecular weight is 394 g/mol. The second-order valence-corrected chi connectivity index (χ2v) is 6.15. The van der Waals surface area contributed by atoms with Gasteiger partial charge < -0.3 is 18.6 Å². The smallest absolute Gasteiger partial charge is 0.331 e. The summed E-state index contributed by atoms with van der Waals surface area (Å²) < 4.78 is 21.5. The van der Waals surface area contributed by atoms with Gasteiger partial charge in [0.2, 0.25) is 5.89 Å². The van der Waals surface area contributed by atoms with E-state index in [4.69, 9.17) is 18.6 Å². The number of aryl methyl sites for hydroxylation is 1. The Labute approximate surface area is 168 Å². The number of rotatable bonds is 8. The first-order chi connectivity index (χ1) is 14.1. The maximum absolute atomic E-state index is 12.0. The molecule has 3 rings (SSSR count). The summed E-state index contributed by atoms with van der Waals surface area (Å²) in [5, 5.41) is 7.90. The molecule has 150 valence electrons. The lowest BCUT2D eigenvalue weighted by Crippen LogP contribution is -2.01. The fraction of sp³-hybridized carbons (Fsp3) is 0.227. The maximum Gasteiger partial charge on any atom is 0.331 e. The Kier molecular flexibility index (Phi) is 6.63. The highest BCUT2D eigenvalue weighted by molar-refractivity contribution is 5.87. The van der Waals surface area contributed by atoms with Crippen LogP contribution >= 0.6 is 0 Å². The molecule has 0 saturated heterocycles. The summed E-state index contributed by atoms with van der Waals surface area (Å²) in [7, 11) is 1.56. The standard InChI is InChI=1S/C22H22N2O5/c1-4-27-18-10-8-16(13-19(18)26-3)9-11-21(25)28-14-20-23-24-22(29-20)17-7-5-6-15(2)12-17/h5-13H,4,14H2,1-3H3/b11-9+. The van der Waals surface area contributed by atoms with Gasteiger partial charge in [0, 0.05) is 11.6 Å². The zero-order chi connectivity index (χ0) is 20.6. The van der Waals surface area contributed by atoms with Gasteiger partial charge in [-0.2, -0.15) is 0 Å². The van der Waals surface area contributed by atoms with Crippen LogP contribution in [0.25, 0.3) is 17.5 Å². The molecule has 0 fully saturated rings. The van der Waals surface area contributed by atoms with Crippen LogP contribution in [-0.2, 0) is 16.1 Å². The van der Waals surface area contributed by atoms with Crippen LogP contribution in [-0.4, -0.2) is 29.9 Å². The number of benzene rings is 2.